The summed E-state index contributed by atoms with van der Waals surface area (Å²) in [4.78, 5) is 14.1. The number of amides is 1. The third kappa shape index (κ3) is 4.08. The van der Waals surface area contributed by atoms with Gasteiger partial charge in [-0.05, 0) is 44.5 Å². The lowest BCUT2D eigenvalue weighted by Crippen LogP contribution is -2.35. The summed E-state index contributed by atoms with van der Waals surface area (Å²) >= 11 is 0. The SMILES string of the molecule is CCN(CCNC(=O)c1cc(C)[nH]n1)c1cccc(C)c1. The molecular formula is C16H22N4O. The minimum Gasteiger partial charge on any atom is -0.370 e. The molecule has 0 bridgehead atoms. The van der Waals surface area contributed by atoms with Crippen molar-refractivity contribution < 1.29 is 4.79 Å². The normalized spacial score (nSPS) is 10.4. The van der Waals surface area contributed by atoms with Gasteiger partial charge in [-0.2, -0.15) is 5.10 Å². The van der Waals surface area contributed by atoms with E-state index < -0.39 is 0 Å². The number of aryl methyl sites for hydroxylation is 2. The van der Waals surface area contributed by atoms with Crippen molar-refractivity contribution in [1.82, 2.24) is 15.5 Å². The van der Waals surface area contributed by atoms with Gasteiger partial charge in [-0.3, -0.25) is 9.89 Å². The second-order valence-electron chi connectivity index (χ2n) is 5.11. The van der Waals surface area contributed by atoms with Crippen LogP contribution >= 0.6 is 0 Å². The van der Waals surface area contributed by atoms with Gasteiger partial charge >= 0.3 is 0 Å². The largest absolute Gasteiger partial charge is 0.370 e. The maximum Gasteiger partial charge on any atom is 0.271 e. The molecule has 1 aromatic carbocycles. The smallest absolute Gasteiger partial charge is 0.271 e. The number of aromatic nitrogens is 2. The van der Waals surface area contributed by atoms with E-state index in [0.29, 0.717) is 12.2 Å². The number of aromatic amines is 1. The zero-order valence-electron chi connectivity index (χ0n) is 12.8. The lowest BCUT2D eigenvalue weighted by atomic mass is 10.2. The van der Waals surface area contributed by atoms with Crippen molar-refractivity contribution in [2.75, 3.05) is 24.5 Å². The molecule has 0 aliphatic carbocycles. The number of nitrogens with one attached hydrogen (secondary N) is 2. The second-order valence-corrected chi connectivity index (χ2v) is 5.11. The first-order chi connectivity index (χ1) is 10.1. The summed E-state index contributed by atoms with van der Waals surface area (Å²) in [7, 11) is 0. The number of nitrogens with zero attached hydrogens (tertiary/aromatic N) is 2. The minimum absolute atomic E-state index is 0.139. The topological polar surface area (TPSA) is 61.0 Å². The minimum atomic E-state index is -0.139. The molecule has 2 aromatic rings. The molecule has 2 rings (SSSR count). The van der Waals surface area contributed by atoms with E-state index in [1.807, 2.05) is 6.92 Å². The van der Waals surface area contributed by atoms with Gasteiger partial charge in [0.05, 0.1) is 0 Å². The zero-order chi connectivity index (χ0) is 15.2. The molecule has 112 valence electrons. The summed E-state index contributed by atoms with van der Waals surface area (Å²) in [6, 6.07) is 10.1. The molecule has 21 heavy (non-hydrogen) atoms. The van der Waals surface area contributed by atoms with Crippen LogP contribution in [-0.4, -0.2) is 35.7 Å². The number of benzene rings is 1. The number of anilines is 1. The molecule has 5 heteroatoms. The quantitative estimate of drug-likeness (QED) is 0.856. The molecule has 1 aromatic heterocycles. The van der Waals surface area contributed by atoms with E-state index in [2.05, 4.69) is 58.5 Å². The molecule has 0 aliphatic rings. The number of rotatable bonds is 6. The Morgan fingerprint density at radius 1 is 1.33 bits per heavy atom. The van der Waals surface area contributed by atoms with Gasteiger partial charge in [0, 0.05) is 31.0 Å². The average molecular weight is 286 g/mol. The first kappa shape index (κ1) is 15.1. The van der Waals surface area contributed by atoms with E-state index in [4.69, 9.17) is 0 Å². The molecule has 2 N–H and O–H groups in total. The van der Waals surface area contributed by atoms with Crippen LogP contribution in [0.5, 0.6) is 0 Å². The van der Waals surface area contributed by atoms with Crippen LogP contribution in [0.4, 0.5) is 5.69 Å². The number of hydrogen-bond donors (Lipinski definition) is 2. The van der Waals surface area contributed by atoms with E-state index in [0.717, 1.165) is 18.8 Å². The number of carbonyl (C=O) groups excluding carboxylic acids is 1. The van der Waals surface area contributed by atoms with Crippen LogP contribution in [0.25, 0.3) is 0 Å². The number of H-pyrrole nitrogens is 1. The predicted molar refractivity (Wildman–Crippen MR) is 84.7 cm³/mol. The van der Waals surface area contributed by atoms with Crippen molar-refractivity contribution >= 4 is 11.6 Å². The molecule has 1 amide bonds. The van der Waals surface area contributed by atoms with Gasteiger partial charge in [-0.15, -0.1) is 0 Å². The van der Waals surface area contributed by atoms with E-state index in [1.54, 1.807) is 6.07 Å². The Bertz CT molecular complexity index is 606. The van der Waals surface area contributed by atoms with Crippen molar-refractivity contribution in [1.29, 1.82) is 0 Å². The van der Waals surface area contributed by atoms with Crippen LogP contribution in [0.1, 0.15) is 28.7 Å². The van der Waals surface area contributed by atoms with Crippen molar-refractivity contribution in [3.05, 3.63) is 47.3 Å². The first-order valence-electron chi connectivity index (χ1n) is 7.22. The summed E-state index contributed by atoms with van der Waals surface area (Å²) in [6.07, 6.45) is 0. The number of carbonyl (C=O) groups is 1. The fourth-order valence-electron chi connectivity index (χ4n) is 2.22. The third-order valence-electron chi connectivity index (χ3n) is 3.35. The monoisotopic (exact) mass is 286 g/mol. The maximum atomic E-state index is 11.9. The molecule has 0 saturated carbocycles. The molecule has 0 aliphatic heterocycles. The molecule has 0 unspecified atom stereocenters. The van der Waals surface area contributed by atoms with Crippen molar-refractivity contribution in [2.24, 2.45) is 0 Å². The lowest BCUT2D eigenvalue weighted by Gasteiger charge is -2.23. The molecule has 0 radical (unpaired) electrons. The molecular weight excluding hydrogens is 264 g/mol. The molecule has 5 nitrogen and oxygen atoms in total. The van der Waals surface area contributed by atoms with Crippen LogP contribution in [0, 0.1) is 13.8 Å². The van der Waals surface area contributed by atoms with Crippen LogP contribution < -0.4 is 10.2 Å². The highest BCUT2D eigenvalue weighted by atomic mass is 16.1. The summed E-state index contributed by atoms with van der Waals surface area (Å²) in [5.74, 6) is -0.139. The number of hydrogen-bond acceptors (Lipinski definition) is 3. The van der Waals surface area contributed by atoms with Gasteiger partial charge in [0.2, 0.25) is 0 Å². The van der Waals surface area contributed by atoms with Crippen LogP contribution in [0.15, 0.2) is 30.3 Å². The summed E-state index contributed by atoms with van der Waals surface area (Å²) < 4.78 is 0. The van der Waals surface area contributed by atoms with Gasteiger partial charge in [0.1, 0.15) is 5.69 Å². The van der Waals surface area contributed by atoms with Gasteiger partial charge < -0.3 is 10.2 Å². The summed E-state index contributed by atoms with van der Waals surface area (Å²) in [5.41, 5.74) is 3.74. The maximum absolute atomic E-state index is 11.9. The standard InChI is InChI=1S/C16H22N4O/c1-4-20(14-7-5-6-12(2)10-14)9-8-17-16(21)15-11-13(3)18-19-15/h5-7,10-11H,4,8-9H2,1-3H3,(H,17,21)(H,18,19). The molecule has 1 heterocycles. The van der Waals surface area contributed by atoms with E-state index in [9.17, 15) is 4.79 Å². The average Bonchev–Trinajstić information content (AvgIpc) is 2.90. The highest BCUT2D eigenvalue weighted by molar-refractivity contribution is 5.92. The Kier molecular flexibility index (Phi) is 4.98. The molecule has 0 spiro atoms. The number of likely N-dealkylation sites (N-methyl/N-ethyl adjacent to an activating group) is 1. The lowest BCUT2D eigenvalue weighted by molar-refractivity contribution is 0.0949. The fraction of sp³-hybridized carbons (Fsp3) is 0.375. The first-order valence-corrected chi connectivity index (χ1v) is 7.22. The zero-order valence-corrected chi connectivity index (χ0v) is 12.8. The van der Waals surface area contributed by atoms with Gasteiger partial charge in [0.25, 0.3) is 5.91 Å². The Labute approximate surface area is 125 Å². The highest BCUT2D eigenvalue weighted by Gasteiger charge is 2.09. The predicted octanol–water partition coefficient (Wildman–Crippen LogP) is 2.28. The van der Waals surface area contributed by atoms with Crippen LogP contribution in [-0.2, 0) is 0 Å². The van der Waals surface area contributed by atoms with Gasteiger partial charge in [0.15, 0.2) is 0 Å². The third-order valence-corrected chi connectivity index (χ3v) is 3.35. The van der Waals surface area contributed by atoms with E-state index in [-0.39, 0.29) is 5.91 Å². The summed E-state index contributed by atoms with van der Waals surface area (Å²) in [6.45, 7) is 8.34. The Hall–Kier alpha value is -2.30. The van der Waals surface area contributed by atoms with E-state index >= 15 is 0 Å². The Morgan fingerprint density at radius 2 is 2.14 bits per heavy atom. The second kappa shape index (κ2) is 6.92. The Balaban J connectivity index is 1.88. The fourth-order valence-corrected chi connectivity index (χ4v) is 2.22. The van der Waals surface area contributed by atoms with Crippen molar-refractivity contribution in [2.45, 2.75) is 20.8 Å². The highest BCUT2D eigenvalue weighted by Crippen LogP contribution is 2.14. The van der Waals surface area contributed by atoms with Crippen molar-refractivity contribution in [3.8, 4) is 0 Å². The van der Waals surface area contributed by atoms with E-state index in [1.165, 1.54) is 11.3 Å². The van der Waals surface area contributed by atoms with Gasteiger partial charge in [-0.25, -0.2) is 0 Å². The van der Waals surface area contributed by atoms with Crippen LogP contribution in [0.3, 0.4) is 0 Å². The summed E-state index contributed by atoms with van der Waals surface area (Å²) in [5, 5.41) is 9.62. The Morgan fingerprint density at radius 3 is 2.76 bits per heavy atom. The van der Waals surface area contributed by atoms with Crippen molar-refractivity contribution in [3.63, 3.8) is 0 Å². The molecule has 0 atom stereocenters. The molecule has 0 saturated heterocycles. The molecule has 0 fully saturated rings. The van der Waals surface area contributed by atoms with Gasteiger partial charge in [-0.1, -0.05) is 12.1 Å². The van der Waals surface area contributed by atoms with Crippen LogP contribution in [0.2, 0.25) is 0 Å².